The molecular weight excluding hydrogens is 469 g/mol. The van der Waals surface area contributed by atoms with Crippen LogP contribution in [0.15, 0.2) is 35.6 Å². The van der Waals surface area contributed by atoms with Crippen LogP contribution < -0.4 is 4.90 Å². The number of aromatic nitrogens is 6. The molecule has 0 aliphatic heterocycles. The Balaban J connectivity index is 1.90. The van der Waals surface area contributed by atoms with Gasteiger partial charge in [0.05, 0.1) is 5.56 Å². The van der Waals surface area contributed by atoms with E-state index in [0.717, 1.165) is 17.4 Å². The number of rotatable bonds is 9. The van der Waals surface area contributed by atoms with Crippen LogP contribution in [-0.4, -0.2) is 53.6 Å². The van der Waals surface area contributed by atoms with E-state index in [9.17, 15) is 23.1 Å². The second kappa shape index (κ2) is 10.9. The maximum absolute atomic E-state index is 13.4. The van der Waals surface area contributed by atoms with Crippen molar-refractivity contribution in [1.82, 2.24) is 30.2 Å². The molecule has 3 rings (SSSR count). The normalized spacial score (nSPS) is 12.0. The molecule has 0 radical (unpaired) electrons. The van der Waals surface area contributed by atoms with Crippen molar-refractivity contribution in [3.8, 4) is 0 Å². The Labute approximate surface area is 198 Å². The summed E-state index contributed by atoms with van der Waals surface area (Å²) in [4.78, 5) is 26.3. The highest BCUT2D eigenvalue weighted by molar-refractivity contribution is 6.10. The van der Waals surface area contributed by atoms with Crippen LogP contribution in [0.1, 0.15) is 48.1 Å². The second-order valence-corrected chi connectivity index (χ2v) is 7.49. The molecule has 2 aromatic heterocycles. The van der Waals surface area contributed by atoms with Gasteiger partial charge >= 0.3 is 12.3 Å². The molecule has 0 saturated heterocycles. The Morgan fingerprint density at radius 1 is 1.29 bits per heavy atom. The average molecular weight is 492 g/mol. The molecule has 0 bridgehead atoms. The molecule has 35 heavy (non-hydrogen) atoms. The van der Waals surface area contributed by atoms with Gasteiger partial charge in [-0.1, -0.05) is 30.6 Å². The summed E-state index contributed by atoms with van der Waals surface area (Å²) in [6.07, 6.45) is -2.88. The number of carbonyl (C=O) groups is 1. The second-order valence-electron chi connectivity index (χ2n) is 7.49. The molecule has 0 unspecified atom stereocenters. The number of anilines is 1. The summed E-state index contributed by atoms with van der Waals surface area (Å²) in [6, 6.07) is 5.18. The first kappa shape index (κ1) is 25.5. The third-order valence-electron chi connectivity index (χ3n) is 4.93. The fourth-order valence-electron chi connectivity index (χ4n) is 3.11. The Morgan fingerprint density at radius 3 is 2.69 bits per heavy atom. The molecule has 2 heterocycles. The van der Waals surface area contributed by atoms with Gasteiger partial charge in [0, 0.05) is 25.4 Å². The number of unbranched alkanes of at least 4 members (excludes halogenated alkanes) is 1. The van der Waals surface area contributed by atoms with Crippen LogP contribution >= 0.6 is 0 Å². The van der Waals surface area contributed by atoms with Crippen LogP contribution in [-0.2, 0) is 24.7 Å². The quantitative estimate of drug-likeness (QED) is 0.354. The van der Waals surface area contributed by atoms with Gasteiger partial charge in [-0.05, 0) is 41.5 Å². The van der Waals surface area contributed by atoms with Gasteiger partial charge in [-0.15, -0.1) is 5.10 Å². The van der Waals surface area contributed by atoms with Gasteiger partial charge in [0.1, 0.15) is 5.82 Å². The molecule has 11 nitrogen and oxygen atoms in total. The minimum Gasteiger partial charge on any atom is -0.465 e. The lowest BCUT2D eigenvalue weighted by molar-refractivity contribution is -0.138. The van der Waals surface area contributed by atoms with Gasteiger partial charge in [-0.3, -0.25) is 4.90 Å². The lowest BCUT2D eigenvalue weighted by Crippen LogP contribution is -2.31. The number of carboxylic acid groups (broad SMARTS) is 1. The molecule has 0 aliphatic carbocycles. The summed E-state index contributed by atoms with van der Waals surface area (Å²) in [5.41, 5.74) is -0.718. The smallest absolute Gasteiger partial charge is 0.416 e. The Kier molecular flexibility index (Phi) is 7.94. The van der Waals surface area contributed by atoms with Crippen molar-refractivity contribution < 1.29 is 27.9 Å². The monoisotopic (exact) mass is 492 g/mol. The van der Waals surface area contributed by atoms with Crippen molar-refractivity contribution in [1.29, 1.82) is 0 Å². The minimum absolute atomic E-state index is 0.0331. The van der Waals surface area contributed by atoms with Crippen molar-refractivity contribution in [2.75, 3.05) is 11.4 Å². The molecule has 0 spiro atoms. The van der Waals surface area contributed by atoms with Gasteiger partial charge in [0.15, 0.2) is 18.1 Å². The average Bonchev–Trinajstić information content (AvgIpc) is 3.22. The first-order valence-electron chi connectivity index (χ1n) is 10.5. The first-order valence-corrected chi connectivity index (χ1v) is 10.5. The molecule has 186 valence electrons. The van der Waals surface area contributed by atoms with Gasteiger partial charge in [0.25, 0.3) is 0 Å². The number of oxime groups is 1. The third kappa shape index (κ3) is 6.28. The van der Waals surface area contributed by atoms with E-state index in [0.29, 0.717) is 6.42 Å². The van der Waals surface area contributed by atoms with E-state index in [1.807, 2.05) is 6.92 Å². The first-order chi connectivity index (χ1) is 16.6. The SMILES string of the molecule is CCCCN(C(=O)O)c1ccnc(CON=C(c2ccc(C)c(C(F)(F)F)c2)c2nnnn2C)n1. The van der Waals surface area contributed by atoms with Crippen LogP contribution in [0.25, 0.3) is 0 Å². The summed E-state index contributed by atoms with van der Waals surface area (Å²) in [5, 5.41) is 24.5. The molecule has 0 aliphatic rings. The van der Waals surface area contributed by atoms with Crippen LogP contribution in [0.2, 0.25) is 0 Å². The van der Waals surface area contributed by atoms with Crippen LogP contribution in [0.3, 0.4) is 0 Å². The van der Waals surface area contributed by atoms with Crippen molar-refractivity contribution in [3.63, 3.8) is 0 Å². The zero-order valence-corrected chi connectivity index (χ0v) is 19.2. The molecule has 14 heteroatoms. The van der Waals surface area contributed by atoms with Crippen molar-refractivity contribution in [3.05, 3.63) is 58.8 Å². The highest BCUT2D eigenvalue weighted by atomic mass is 19.4. The highest BCUT2D eigenvalue weighted by Crippen LogP contribution is 2.32. The number of hydrogen-bond acceptors (Lipinski definition) is 8. The van der Waals surface area contributed by atoms with Crippen molar-refractivity contribution in [2.45, 2.75) is 39.5 Å². The Morgan fingerprint density at radius 2 is 2.06 bits per heavy atom. The van der Waals surface area contributed by atoms with E-state index in [-0.39, 0.29) is 47.5 Å². The molecular formula is C21H23F3N8O3. The zero-order chi connectivity index (χ0) is 25.6. The Bertz CT molecular complexity index is 1210. The van der Waals surface area contributed by atoms with E-state index < -0.39 is 17.8 Å². The van der Waals surface area contributed by atoms with Crippen molar-refractivity contribution in [2.24, 2.45) is 12.2 Å². The lowest BCUT2D eigenvalue weighted by atomic mass is 10.0. The number of tetrazole rings is 1. The number of aryl methyl sites for hydroxylation is 2. The number of hydrogen-bond donors (Lipinski definition) is 1. The highest BCUT2D eigenvalue weighted by Gasteiger charge is 2.33. The summed E-state index contributed by atoms with van der Waals surface area (Å²) in [7, 11) is 1.51. The predicted molar refractivity (Wildman–Crippen MR) is 118 cm³/mol. The fourth-order valence-corrected chi connectivity index (χ4v) is 3.11. The van der Waals surface area contributed by atoms with E-state index in [4.69, 9.17) is 4.84 Å². The molecule has 3 aromatic rings. The predicted octanol–water partition coefficient (Wildman–Crippen LogP) is 3.58. The Hall–Kier alpha value is -4.10. The van der Waals surface area contributed by atoms with Gasteiger partial charge in [-0.25, -0.2) is 19.4 Å². The zero-order valence-electron chi connectivity index (χ0n) is 19.2. The summed E-state index contributed by atoms with van der Waals surface area (Å²) in [5.74, 6) is 0.382. The molecule has 1 N–H and O–H groups in total. The van der Waals surface area contributed by atoms with Gasteiger partial charge in [-0.2, -0.15) is 13.2 Å². The third-order valence-corrected chi connectivity index (χ3v) is 4.93. The summed E-state index contributed by atoms with van der Waals surface area (Å²) < 4.78 is 41.6. The van der Waals surface area contributed by atoms with E-state index in [1.165, 1.54) is 43.0 Å². The maximum Gasteiger partial charge on any atom is 0.416 e. The largest absolute Gasteiger partial charge is 0.465 e. The number of alkyl halides is 3. The number of benzene rings is 1. The molecule has 1 aromatic carbocycles. The van der Waals surface area contributed by atoms with Crippen LogP contribution in [0, 0.1) is 6.92 Å². The maximum atomic E-state index is 13.4. The van der Waals surface area contributed by atoms with Crippen LogP contribution in [0.5, 0.6) is 0 Å². The van der Waals surface area contributed by atoms with Crippen LogP contribution in [0.4, 0.5) is 23.8 Å². The summed E-state index contributed by atoms with van der Waals surface area (Å²) in [6.45, 7) is 3.28. The molecule has 0 atom stereocenters. The van der Waals surface area contributed by atoms with Gasteiger partial charge in [0.2, 0.25) is 5.82 Å². The van der Waals surface area contributed by atoms with E-state index in [1.54, 1.807) is 0 Å². The summed E-state index contributed by atoms with van der Waals surface area (Å²) >= 11 is 0. The molecule has 0 saturated carbocycles. The molecule has 1 amide bonds. The minimum atomic E-state index is -4.56. The number of halogens is 3. The van der Waals surface area contributed by atoms with E-state index in [2.05, 4.69) is 30.6 Å². The van der Waals surface area contributed by atoms with E-state index >= 15 is 0 Å². The number of nitrogens with zero attached hydrogens (tertiary/aromatic N) is 8. The topological polar surface area (TPSA) is 132 Å². The lowest BCUT2D eigenvalue weighted by Gasteiger charge is -2.18. The molecule has 0 fully saturated rings. The standard InChI is InChI=1S/C21H23F3N8O3/c1-4-5-10-32(20(33)34)17-8-9-25-16(26-17)12-35-28-18(19-27-29-30-31(19)3)14-7-6-13(2)15(11-14)21(22,23)24/h6-9,11H,4-5,10,12H2,1-3H3,(H,33,34). The van der Waals surface area contributed by atoms with Crippen molar-refractivity contribution >= 4 is 17.6 Å². The van der Waals surface area contributed by atoms with Gasteiger partial charge < -0.3 is 9.94 Å². The fraction of sp³-hybridized carbons (Fsp3) is 0.381. The number of amides is 1.